The Labute approximate surface area is 165 Å². The van der Waals surface area contributed by atoms with Crippen molar-refractivity contribution >= 4 is 34.8 Å². The zero-order valence-electron chi connectivity index (χ0n) is 16.4. The lowest BCUT2D eigenvalue weighted by atomic mass is 9.83. The number of allylic oxidation sites excluding steroid dienone is 3. The number of hydrogen-bond donors (Lipinski definition) is 0. The first-order valence-electron chi connectivity index (χ1n) is 9.19. The van der Waals surface area contributed by atoms with E-state index in [1.165, 1.54) is 15.4 Å². The van der Waals surface area contributed by atoms with E-state index >= 15 is 0 Å². The van der Waals surface area contributed by atoms with Gasteiger partial charge in [0.1, 0.15) is 5.57 Å². The molecule has 3 rings (SSSR count). The van der Waals surface area contributed by atoms with Gasteiger partial charge in [-0.3, -0.25) is 19.4 Å². The average molecular weight is 384 g/mol. The second-order valence-electron chi connectivity index (χ2n) is 7.21. The number of rotatable bonds is 3. The van der Waals surface area contributed by atoms with Gasteiger partial charge in [-0.1, -0.05) is 32.0 Å². The number of carbonyl (C=O) groups is 2. The van der Waals surface area contributed by atoms with Gasteiger partial charge < -0.3 is 4.90 Å². The molecule has 5 nitrogen and oxygen atoms in total. The Balaban J connectivity index is 2.05. The summed E-state index contributed by atoms with van der Waals surface area (Å²) in [6, 6.07) is 8.24. The number of thiocarbonyl (C=S) groups is 1. The van der Waals surface area contributed by atoms with E-state index in [-0.39, 0.29) is 27.9 Å². The van der Waals surface area contributed by atoms with Crippen LogP contribution >= 0.6 is 12.2 Å². The molecule has 0 saturated carbocycles. The molecule has 1 fully saturated rings. The molecule has 142 valence electrons. The number of fused-ring (bicyclic) bond motifs is 1. The van der Waals surface area contributed by atoms with Crippen LogP contribution in [0.2, 0.25) is 0 Å². The second-order valence-corrected chi connectivity index (χ2v) is 7.58. The summed E-state index contributed by atoms with van der Waals surface area (Å²) in [4.78, 5) is 30.6. The predicted octanol–water partition coefficient (Wildman–Crippen LogP) is 3.22. The monoisotopic (exact) mass is 383 g/mol. The van der Waals surface area contributed by atoms with E-state index in [0.29, 0.717) is 13.1 Å². The van der Waals surface area contributed by atoms with Gasteiger partial charge in [-0.2, -0.15) is 0 Å². The molecule has 0 radical (unpaired) electrons. The molecule has 27 heavy (non-hydrogen) atoms. The molecule has 2 aliphatic rings. The molecule has 0 unspecified atom stereocenters. The van der Waals surface area contributed by atoms with E-state index in [0.717, 1.165) is 11.4 Å². The highest BCUT2D eigenvalue weighted by Gasteiger charge is 2.40. The lowest BCUT2D eigenvalue weighted by molar-refractivity contribution is -0.133. The zero-order valence-corrected chi connectivity index (χ0v) is 17.3. The highest BCUT2D eigenvalue weighted by Crippen LogP contribution is 2.46. The van der Waals surface area contributed by atoms with Crippen molar-refractivity contribution in [3.05, 3.63) is 53.3 Å². The molecular weight excluding hydrogens is 358 g/mol. The number of para-hydroxylation sites is 1. The van der Waals surface area contributed by atoms with E-state index in [9.17, 15) is 9.59 Å². The van der Waals surface area contributed by atoms with Crippen LogP contribution in [-0.4, -0.2) is 46.9 Å². The predicted molar refractivity (Wildman–Crippen MR) is 111 cm³/mol. The van der Waals surface area contributed by atoms with E-state index in [2.05, 4.69) is 30.9 Å². The standard InChI is InChI=1S/C21H25N3O2S/c1-6-23-18(25)14(19(26)24(7-2)20(23)27)12-13-17-21(3,4)15-10-8-9-11-16(15)22(17)5/h8-13H,6-7H2,1-5H3/b17-13+. The van der Waals surface area contributed by atoms with Crippen molar-refractivity contribution in [2.24, 2.45) is 0 Å². The van der Waals surface area contributed by atoms with E-state index in [1.54, 1.807) is 6.08 Å². The first-order chi connectivity index (χ1) is 12.8. The van der Waals surface area contributed by atoms with Gasteiger partial charge in [0, 0.05) is 36.9 Å². The summed E-state index contributed by atoms with van der Waals surface area (Å²) in [6.07, 6.45) is 3.54. The molecule has 0 aromatic heterocycles. The van der Waals surface area contributed by atoms with Crippen LogP contribution in [-0.2, 0) is 15.0 Å². The average Bonchev–Trinajstić information content (AvgIpc) is 2.83. The molecular formula is C21H25N3O2S. The fraction of sp³-hybridized carbons (Fsp3) is 0.381. The molecule has 0 N–H and O–H groups in total. The van der Waals surface area contributed by atoms with E-state index in [4.69, 9.17) is 12.2 Å². The minimum atomic E-state index is -0.329. The molecule has 2 amide bonds. The molecule has 2 aliphatic heterocycles. The van der Waals surface area contributed by atoms with E-state index < -0.39 is 0 Å². The Bertz CT molecular complexity index is 857. The summed E-state index contributed by atoms with van der Waals surface area (Å²) < 4.78 is 0. The summed E-state index contributed by atoms with van der Waals surface area (Å²) in [5, 5.41) is 0.283. The van der Waals surface area contributed by atoms with Gasteiger partial charge in [0.25, 0.3) is 11.8 Å². The first-order valence-corrected chi connectivity index (χ1v) is 9.59. The third kappa shape index (κ3) is 2.88. The summed E-state index contributed by atoms with van der Waals surface area (Å²) in [7, 11) is 2.01. The smallest absolute Gasteiger partial charge is 0.265 e. The van der Waals surface area contributed by atoms with Crippen molar-refractivity contribution in [2.75, 3.05) is 25.0 Å². The summed E-state index contributed by atoms with van der Waals surface area (Å²) in [6.45, 7) is 8.88. The van der Waals surface area contributed by atoms with Gasteiger partial charge in [-0.25, -0.2) is 0 Å². The van der Waals surface area contributed by atoms with Crippen LogP contribution in [0.3, 0.4) is 0 Å². The molecule has 1 aromatic rings. The summed E-state index contributed by atoms with van der Waals surface area (Å²) in [5.41, 5.74) is 3.34. The zero-order chi connectivity index (χ0) is 19.9. The van der Waals surface area contributed by atoms with Gasteiger partial charge in [0.2, 0.25) is 0 Å². The maximum Gasteiger partial charge on any atom is 0.265 e. The maximum absolute atomic E-state index is 12.8. The topological polar surface area (TPSA) is 43.9 Å². The molecule has 0 bridgehead atoms. The molecule has 0 atom stereocenters. The third-order valence-electron chi connectivity index (χ3n) is 5.39. The summed E-state index contributed by atoms with van der Waals surface area (Å²) in [5.74, 6) is -0.657. The molecule has 1 saturated heterocycles. The van der Waals surface area contributed by atoms with Crippen LogP contribution in [0.1, 0.15) is 33.3 Å². The Hall–Kier alpha value is -2.47. The second kappa shape index (κ2) is 6.93. The van der Waals surface area contributed by atoms with Crippen molar-refractivity contribution in [3.63, 3.8) is 0 Å². The number of carbonyl (C=O) groups excluding carboxylic acids is 2. The Morgan fingerprint density at radius 1 is 1.00 bits per heavy atom. The fourth-order valence-electron chi connectivity index (χ4n) is 3.87. The normalized spacial score (nSPS) is 20.6. The van der Waals surface area contributed by atoms with Crippen molar-refractivity contribution in [1.29, 1.82) is 0 Å². The highest BCUT2D eigenvalue weighted by atomic mass is 32.1. The Morgan fingerprint density at radius 2 is 1.56 bits per heavy atom. The van der Waals surface area contributed by atoms with Gasteiger partial charge in [0.05, 0.1) is 0 Å². The molecule has 0 aliphatic carbocycles. The first kappa shape index (κ1) is 19.3. The lowest BCUT2D eigenvalue weighted by Crippen LogP contribution is -2.55. The number of amides is 2. The van der Waals surface area contributed by atoms with Gasteiger partial charge in [0.15, 0.2) is 5.11 Å². The minimum Gasteiger partial charge on any atom is -0.347 e. The molecule has 6 heteroatoms. The van der Waals surface area contributed by atoms with Crippen LogP contribution in [0.5, 0.6) is 0 Å². The van der Waals surface area contributed by atoms with E-state index in [1.807, 2.05) is 39.1 Å². The number of likely N-dealkylation sites (N-methyl/N-ethyl adjacent to an activating group) is 3. The van der Waals surface area contributed by atoms with Crippen LogP contribution < -0.4 is 4.90 Å². The SMILES string of the molecule is CCN1C(=O)C(=C/C=C2/N(C)c3ccccc3C2(C)C)C(=O)N(CC)C1=S. The highest BCUT2D eigenvalue weighted by molar-refractivity contribution is 7.80. The molecule has 0 spiro atoms. The maximum atomic E-state index is 12.8. The molecule has 1 aromatic carbocycles. The Kier molecular flexibility index (Phi) is 4.95. The van der Waals surface area contributed by atoms with Crippen molar-refractivity contribution in [1.82, 2.24) is 9.80 Å². The number of benzene rings is 1. The fourth-order valence-corrected chi connectivity index (χ4v) is 4.29. The van der Waals surface area contributed by atoms with Crippen molar-refractivity contribution < 1.29 is 9.59 Å². The number of nitrogens with zero attached hydrogens (tertiary/aromatic N) is 3. The van der Waals surface area contributed by atoms with Crippen LogP contribution in [0.15, 0.2) is 47.7 Å². The van der Waals surface area contributed by atoms with Crippen LogP contribution in [0.25, 0.3) is 0 Å². The minimum absolute atomic E-state index is 0.153. The van der Waals surface area contributed by atoms with Gasteiger partial charge >= 0.3 is 0 Å². The summed E-state index contributed by atoms with van der Waals surface area (Å²) >= 11 is 5.31. The van der Waals surface area contributed by atoms with Gasteiger partial charge in [-0.15, -0.1) is 0 Å². The van der Waals surface area contributed by atoms with Crippen LogP contribution in [0, 0.1) is 0 Å². The van der Waals surface area contributed by atoms with Crippen molar-refractivity contribution in [2.45, 2.75) is 33.1 Å². The molecule has 2 heterocycles. The third-order valence-corrected chi connectivity index (χ3v) is 5.83. The van der Waals surface area contributed by atoms with Crippen molar-refractivity contribution in [3.8, 4) is 0 Å². The lowest BCUT2D eigenvalue weighted by Gasteiger charge is -2.35. The quantitative estimate of drug-likeness (QED) is 0.457. The van der Waals surface area contributed by atoms with Gasteiger partial charge in [-0.05, 0) is 49.8 Å². The van der Waals surface area contributed by atoms with Crippen LogP contribution in [0.4, 0.5) is 5.69 Å². The largest absolute Gasteiger partial charge is 0.347 e. The number of hydrogen-bond acceptors (Lipinski definition) is 4. The Morgan fingerprint density at radius 3 is 2.07 bits per heavy atom. The number of anilines is 1.